The lowest BCUT2D eigenvalue weighted by Gasteiger charge is -2.33. The summed E-state index contributed by atoms with van der Waals surface area (Å²) in [7, 11) is 0. The van der Waals surface area contributed by atoms with Crippen LogP contribution in [0.1, 0.15) is 57.4 Å². The maximum atomic E-state index is 5.86. The molecule has 0 aliphatic carbocycles. The van der Waals surface area contributed by atoms with E-state index in [4.69, 9.17) is 10.7 Å². The van der Waals surface area contributed by atoms with Crippen LogP contribution in [0, 0.1) is 0 Å². The predicted molar refractivity (Wildman–Crippen MR) is 158 cm³/mol. The Morgan fingerprint density at radius 2 is 1.89 bits per heavy atom. The SMILES string of the molecule is C=NC1=C(/C(=N\CCCC23CCCN2CCC3)NCCN)CCN(c2cccc3cccc(CC)c23)C1. The van der Waals surface area contributed by atoms with Gasteiger partial charge in [0.2, 0.25) is 0 Å². The highest BCUT2D eigenvalue weighted by Crippen LogP contribution is 2.42. The number of nitrogens with one attached hydrogen (secondary N) is 1. The Bertz CT molecular complexity index is 1150. The van der Waals surface area contributed by atoms with E-state index in [-0.39, 0.29) is 0 Å². The van der Waals surface area contributed by atoms with Gasteiger partial charge in [0.15, 0.2) is 0 Å². The maximum Gasteiger partial charge on any atom is 0.126 e. The molecule has 3 aliphatic heterocycles. The molecule has 0 amide bonds. The lowest BCUT2D eigenvalue weighted by Crippen LogP contribution is -2.38. The van der Waals surface area contributed by atoms with Crippen molar-refractivity contribution in [3.05, 3.63) is 53.2 Å². The number of amidine groups is 1. The zero-order valence-electron chi connectivity index (χ0n) is 22.6. The van der Waals surface area contributed by atoms with Gasteiger partial charge in [-0.15, -0.1) is 0 Å². The molecule has 6 nitrogen and oxygen atoms in total. The summed E-state index contributed by atoms with van der Waals surface area (Å²) in [5.41, 5.74) is 11.2. The number of nitrogens with zero attached hydrogens (tertiary/aromatic N) is 4. The van der Waals surface area contributed by atoms with Crippen molar-refractivity contribution in [2.24, 2.45) is 15.7 Å². The number of nitrogens with two attached hydrogens (primary N) is 1. The molecule has 2 aromatic rings. The van der Waals surface area contributed by atoms with Crippen LogP contribution < -0.4 is 16.0 Å². The maximum absolute atomic E-state index is 5.86. The van der Waals surface area contributed by atoms with Crippen LogP contribution in [0.5, 0.6) is 0 Å². The summed E-state index contributed by atoms with van der Waals surface area (Å²) in [6, 6.07) is 13.3. The molecule has 2 fully saturated rings. The Hall–Kier alpha value is -2.70. The van der Waals surface area contributed by atoms with Crippen molar-refractivity contribution in [2.75, 3.05) is 50.7 Å². The van der Waals surface area contributed by atoms with E-state index in [1.54, 1.807) is 0 Å². The van der Waals surface area contributed by atoms with Gasteiger partial charge in [0.1, 0.15) is 5.84 Å². The fourth-order valence-corrected chi connectivity index (χ4v) is 6.99. The van der Waals surface area contributed by atoms with Gasteiger partial charge in [-0.05, 0) is 88.2 Å². The third kappa shape index (κ3) is 5.32. The van der Waals surface area contributed by atoms with Gasteiger partial charge >= 0.3 is 0 Å². The second kappa shape index (κ2) is 11.8. The lowest BCUT2D eigenvalue weighted by atomic mass is 9.89. The quantitative estimate of drug-likeness (QED) is 0.276. The number of rotatable bonds is 10. The number of hydrogen-bond acceptors (Lipinski definition) is 5. The fourth-order valence-electron chi connectivity index (χ4n) is 6.99. The molecule has 198 valence electrons. The molecule has 2 aromatic carbocycles. The minimum absolute atomic E-state index is 0.467. The molecule has 0 bridgehead atoms. The third-order valence-electron chi connectivity index (χ3n) is 8.81. The highest BCUT2D eigenvalue weighted by molar-refractivity contribution is 6.00. The molecule has 0 spiro atoms. The van der Waals surface area contributed by atoms with Gasteiger partial charge < -0.3 is 16.0 Å². The minimum Gasteiger partial charge on any atom is -0.369 e. The van der Waals surface area contributed by atoms with E-state index in [0.29, 0.717) is 12.1 Å². The summed E-state index contributed by atoms with van der Waals surface area (Å²) < 4.78 is 0. The van der Waals surface area contributed by atoms with Crippen LogP contribution in [0.25, 0.3) is 10.8 Å². The Balaban J connectivity index is 1.34. The van der Waals surface area contributed by atoms with Gasteiger partial charge in [0.25, 0.3) is 0 Å². The number of benzene rings is 2. The summed E-state index contributed by atoms with van der Waals surface area (Å²) in [4.78, 5) is 14.8. The molecule has 6 heteroatoms. The highest BCUT2D eigenvalue weighted by Gasteiger charge is 2.43. The van der Waals surface area contributed by atoms with Crippen molar-refractivity contribution < 1.29 is 0 Å². The third-order valence-corrected chi connectivity index (χ3v) is 8.81. The largest absolute Gasteiger partial charge is 0.369 e. The molecule has 5 rings (SSSR count). The number of anilines is 1. The van der Waals surface area contributed by atoms with Crippen molar-refractivity contribution in [1.29, 1.82) is 0 Å². The second-order valence-electron chi connectivity index (χ2n) is 10.9. The van der Waals surface area contributed by atoms with Gasteiger partial charge in [0.05, 0.1) is 12.2 Å². The van der Waals surface area contributed by atoms with Crippen LogP contribution in [0.2, 0.25) is 0 Å². The monoisotopic (exact) mass is 500 g/mol. The molecule has 3 aliphatic rings. The van der Waals surface area contributed by atoms with Crippen molar-refractivity contribution in [2.45, 2.75) is 63.8 Å². The van der Waals surface area contributed by atoms with Crippen molar-refractivity contribution in [3.8, 4) is 0 Å². The van der Waals surface area contributed by atoms with Crippen LogP contribution >= 0.6 is 0 Å². The summed E-state index contributed by atoms with van der Waals surface area (Å²) in [5.74, 6) is 0.979. The van der Waals surface area contributed by atoms with Gasteiger partial charge in [-0.1, -0.05) is 37.3 Å². The molecule has 3 N–H and O–H groups in total. The zero-order chi connectivity index (χ0) is 25.7. The minimum atomic E-state index is 0.467. The van der Waals surface area contributed by atoms with E-state index in [1.807, 2.05) is 0 Å². The molecule has 3 heterocycles. The first-order chi connectivity index (χ1) is 18.2. The molecule has 0 saturated carbocycles. The number of hydrogen-bond donors (Lipinski definition) is 2. The van der Waals surface area contributed by atoms with Crippen LogP contribution in [0.15, 0.2) is 57.7 Å². The Morgan fingerprint density at radius 1 is 1.11 bits per heavy atom. The van der Waals surface area contributed by atoms with E-state index >= 15 is 0 Å². The predicted octanol–water partition coefficient (Wildman–Crippen LogP) is 4.92. The van der Waals surface area contributed by atoms with Gasteiger partial charge in [-0.25, -0.2) is 0 Å². The normalized spacial score (nSPS) is 20.1. The fraction of sp³-hybridized carbons (Fsp3) is 0.548. The molecule has 37 heavy (non-hydrogen) atoms. The molecule has 2 saturated heterocycles. The smallest absolute Gasteiger partial charge is 0.126 e. The van der Waals surface area contributed by atoms with E-state index in [9.17, 15) is 0 Å². The first kappa shape index (κ1) is 25.9. The van der Waals surface area contributed by atoms with Crippen LogP contribution in [0.4, 0.5) is 5.69 Å². The van der Waals surface area contributed by atoms with E-state index in [2.05, 4.69) is 70.1 Å². The summed E-state index contributed by atoms with van der Waals surface area (Å²) in [6.07, 6.45) is 9.78. The van der Waals surface area contributed by atoms with Crippen LogP contribution in [0.3, 0.4) is 0 Å². The molecular formula is C31H44N6. The summed E-state index contributed by atoms with van der Waals surface area (Å²) in [6.45, 7) is 12.6. The van der Waals surface area contributed by atoms with Crippen molar-refractivity contribution in [1.82, 2.24) is 10.2 Å². The standard InChI is InChI=1S/C31H44N6/c1-3-24-9-4-10-25-11-5-12-28(29(24)25)36-22-13-26(27(23-36)33-2)30(35-19-17-32)34-18-6-14-31-15-7-20-37(31)21-8-16-31/h4-5,9-12H,2-3,6-8,13-23,32H2,1H3,(H,34,35). The van der Waals surface area contributed by atoms with E-state index in [0.717, 1.165) is 57.0 Å². The summed E-state index contributed by atoms with van der Waals surface area (Å²) in [5, 5.41) is 6.19. The van der Waals surface area contributed by atoms with Gasteiger partial charge in [-0.3, -0.25) is 14.9 Å². The molecule has 0 aromatic heterocycles. The number of aryl methyl sites for hydroxylation is 1. The Morgan fingerprint density at radius 3 is 2.62 bits per heavy atom. The first-order valence-electron chi connectivity index (χ1n) is 14.4. The molecule has 0 atom stereocenters. The lowest BCUT2D eigenvalue weighted by molar-refractivity contribution is 0.180. The van der Waals surface area contributed by atoms with Gasteiger partial charge in [0, 0.05) is 48.4 Å². The Kier molecular flexibility index (Phi) is 8.26. The first-order valence-corrected chi connectivity index (χ1v) is 14.4. The van der Waals surface area contributed by atoms with Crippen molar-refractivity contribution in [3.63, 3.8) is 0 Å². The van der Waals surface area contributed by atoms with E-state index < -0.39 is 0 Å². The average molecular weight is 501 g/mol. The summed E-state index contributed by atoms with van der Waals surface area (Å²) >= 11 is 0. The topological polar surface area (TPSA) is 69.2 Å². The van der Waals surface area contributed by atoms with Crippen molar-refractivity contribution >= 4 is 29.0 Å². The zero-order valence-corrected chi connectivity index (χ0v) is 22.6. The van der Waals surface area contributed by atoms with Gasteiger partial charge in [-0.2, -0.15) is 0 Å². The number of fused-ring (bicyclic) bond motifs is 2. The molecule has 0 unspecified atom stereocenters. The van der Waals surface area contributed by atoms with Crippen LogP contribution in [-0.2, 0) is 6.42 Å². The second-order valence-corrected chi connectivity index (χ2v) is 10.9. The highest BCUT2D eigenvalue weighted by atomic mass is 15.2. The average Bonchev–Trinajstić information content (AvgIpc) is 3.52. The Labute approximate surface area is 222 Å². The van der Waals surface area contributed by atoms with E-state index in [1.165, 1.54) is 72.8 Å². The molecular weight excluding hydrogens is 456 g/mol. The molecule has 0 radical (unpaired) electrons. The number of aliphatic imine (C=N–C) groups is 2. The van der Waals surface area contributed by atoms with Crippen LogP contribution in [-0.4, -0.2) is 68.8 Å².